The van der Waals surface area contributed by atoms with E-state index in [1.165, 1.54) is 22.5 Å². The highest BCUT2D eigenvalue weighted by Crippen LogP contribution is 2.29. The molecule has 20 heavy (non-hydrogen) atoms. The summed E-state index contributed by atoms with van der Waals surface area (Å²) in [5, 5.41) is 13.8. The molecule has 8 nitrogen and oxygen atoms in total. The molecule has 0 spiro atoms. The second-order valence-corrected chi connectivity index (χ2v) is 6.11. The predicted molar refractivity (Wildman–Crippen MR) is 72.2 cm³/mol. The average molecular weight is 301 g/mol. The van der Waals surface area contributed by atoms with Gasteiger partial charge in [-0.15, -0.1) is 0 Å². The highest BCUT2D eigenvalue weighted by molar-refractivity contribution is 7.89. The van der Waals surface area contributed by atoms with Gasteiger partial charge < -0.3 is 10.1 Å². The number of benzene rings is 1. The number of ether oxygens (including phenoxy) is 1. The Balaban J connectivity index is 2.50. The van der Waals surface area contributed by atoms with Crippen molar-refractivity contribution in [2.24, 2.45) is 0 Å². The maximum absolute atomic E-state index is 12.5. The van der Waals surface area contributed by atoms with Gasteiger partial charge in [-0.1, -0.05) is 0 Å². The molecule has 0 unspecified atom stereocenters. The maximum atomic E-state index is 12.5. The number of sulfonamides is 1. The van der Waals surface area contributed by atoms with E-state index in [1.54, 1.807) is 7.05 Å². The first-order valence-electron chi connectivity index (χ1n) is 6.01. The van der Waals surface area contributed by atoms with Gasteiger partial charge in [0.1, 0.15) is 0 Å². The van der Waals surface area contributed by atoms with Crippen LogP contribution in [0.2, 0.25) is 0 Å². The molecule has 1 aromatic rings. The Morgan fingerprint density at radius 1 is 1.35 bits per heavy atom. The Hall–Kier alpha value is -1.71. The van der Waals surface area contributed by atoms with Gasteiger partial charge in [-0.3, -0.25) is 10.1 Å². The summed E-state index contributed by atoms with van der Waals surface area (Å²) < 4.78 is 31.3. The fourth-order valence-electron chi connectivity index (χ4n) is 1.95. The van der Waals surface area contributed by atoms with Crippen LogP contribution >= 0.6 is 0 Å². The van der Waals surface area contributed by atoms with Crippen molar-refractivity contribution in [1.82, 2.24) is 4.31 Å². The Morgan fingerprint density at radius 3 is 2.55 bits per heavy atom. The molecule has 1 N–H and O–H groups in total. The lowest BCUT2D eigenvalue weighted by atomic mass is 10.3. The summed E-state index contributed by atoms with van der Waals surface area (Å²) in [7, 11) is -2.28. The molecule has 0 radical (unpaired) electrons. The van der Waals surface area contributed by atoms with Crippen molar-refractivity contribution in [2.45, 2.75) is 4.90 Å². The number of morpholine rings is 1. The van der Waals surface area contributed by atoms with Gasteiger partial charge >= 0.3 is 0 Å². The van der Waals surface area contributed by atoms with E-state index in [0.29, 0.717) is 18.9 Å². The molecular weight excluding hydrogens is 286 g/mol. The van der Waals surface area contributed by atoms with E-state index in [4.69, 9.17) is 4.74 Å². The molecule has 1 heterocycles. The van der Waals surface area contributed by atoms with E-state index in [0.717, 1.165) is 0 Å². The fourth-order valence-corrected chi connectivity index (χ4v) is 3.54. The Bertz CT molecular complexity index is 610. The van der Waals surface area contributed by atoms with Crippen molar-refractivity contribution in [3.63, 3.8) is 0 Å². The van der Waals surface area contributed by atoms with Crippen LogP contribution in [0.1, 0.15) is 0 Å². The number of nitro benzene ring substituents is 1. The van der Waals surface area contributed by atoms with Gasteiger partial charge in [0.2, 0.25) is 10.0 Å². The van der Waals surface area contributed by atoms with Gasteiger partial charge in [0, 0.05) is 31.9 Å². The lowest BCUT2D eigenvalue weighted by Gasteiger charge is -2.26. The number of hydrogen-bond acceptors (Lipinski definition) is 6. The summed E-state index contributed by atoms with van der Waals surface area (Å²) in [6.45, 7) is 0.976. The molecule has 0 atom stereocenters. The second-order valence-electron chi connectivity index (χ2n) is 4.21. The van der Waals surface area contributed by atoms with Crippen molar-refractivity contribution >= 4 is 21.4 Å². The third-order valence-electron chi connectivity index (χ3n) is 3.03. The molecule has 1 aromatic carbocycles. The van der Waals surface area contributed by atoms with Crippen LogP contribution in [0.15, 0.2) is 23.1 Å². The Morgan fingerprint density at radius 2 is 2.00 bits per heavy atom. The number of nitrogens with one attached hydrogen (secondary N) is 1. The van der Waals surface area contributed by atoms with Crippen LogP contribution < -0.4 is 5.32 Å². The lowest BCUT2D eigenvalue weighted by molar-refractivity contribution is -0.387. The summed E-state index contributed by atoms with van der Waals surface area (Å²) in [6, 6.07) is 3.94. The highest BCUT2D eigenvalue weighted by atomic mass is 32.2. The molecule has 0 bridgehead atoms. The van der Waals surface area contributed by atoms with E-state index in [2.05, 4.69) is 5.32 Å². The number of rotatable bonds is 4. The Kier molecular flexibility index (Phi) is 4.21. The zero-order valence-electron chi connectivity index (χ0n) is 10.9. The fraction of sp³-hybridized carbons (Fsp3) is 0.455. The van der Waals surface area contributed by atoms with Gasteiger partial charge in [-0.25, -0.2) is 8.42 Å². The standard InChI is InChI=1S/C11H15N3O5S/c1-12-9-2-3-10(14(15)16)11(8-9)20(17,18)13-4-6-19-7-5-13/h2-3,8,12H,4-7H2,1H3. The van der Waals surface area contributed by atoms with Crippen LogP contribution in [0.4, 0.5) is 11.4 Å². The van der Waals surface area contributed by atoms with Gasteiger partial charge in [0.15, 0.2) is 4.90 Å². The van der Waals surface area contributed by atoms with Gasteiger partial charge in [0.05, 0.1) is 18.1 Å². The highest BCUT2D eigenvalue weighted by Gasteiger charge is 2.32. The number of anilines is 1. The van der Waals surface area contributed by atoms with Crippen molar-refractivity contribution in [3.05, 3.63) is 28.3 Å². The molecule has 1 fully saturated rings. The largest absolute Gasteiger partial charge is 0.388 e. The number of hydrogen-bond donors (Lipinski definition) is 1. The van der Waals surface area contributed by atoms with Crippen LogP contribution in [0, 0.1) is 10.1 Å². The van der Waals surface area contributed by atoms with Gasteiger partial charge in [0.25, 0.3) is 5.69 Å². The van der Waals surface area contributed by atoms with Crippen LogP contribution in [-0.4, -0.2) is 51.0 Å². The first-order chi connectivity index (χ1) is 9.46. The van der Waals surface area contributed by atoms with Crippen molar-refractivity contribution in [2.75, 3.05) is 38.7 Å². The third-order valence-corrected chi connectivity index (χ3v) is 4.96. The smallest absolute Gasteiger partial charge is 0.289 e. The quantitative estimate of drug-likeness (QED) is 0.647. The van der Waals surface area contributed by atoms with E-state index >= 15 is 0 Å². The molecule has 1 aliphatic rings. The predicted octanol–water partition coefficient (Wildman–Crippen LogP) is 0.657. The summed E-state index contributed by atoms with van der Waals surface area (Å²) in [5.74, 6) is 0. The summed E-state index contributed by atoms with van der Waals surface area (Å²) >= 11 is 0. The van der Waals surface area contributed by atoms with E-state index < -0.39 is 20.6 Å². The van der Waals surface area contributed by atoms with E-state index in [-0.39, 0.29) is 18.0 Å². The van der Waals surface area contributed by atoms with Crippen LogP contribution in [0.25, 0.3) is 0 Å². The monoisotopic (exact) mass is 301 g/mol. The molecule has 0 aromatic heterocycles. The van der Waals surface area contributed by atoms with Crippen LogP contribution in [0.3, 0.4) is 0 Å². The Labute approximate surface area is 116 Å². The lowest BCUT2D eigenvalue weighted by Crippen LogP contribution is -2.40. The van der Waals surface area contributed by atoms with E-state index in [1.807, 2.05) is 0 Å². The molecule has 0 amide bonds. The summed E-state index contributed by atoms with van der Waals surface area (Å²) in [5.41, 5.74) is 0.0814. The molecule has 0 saturated carbocycles. The summed E-state index contributed by atoms with van der Waals surface area (Å²) in [4.78, 5) is 10.0. The molecule has 1 aliphatic heterocycles. The zero-order chi connectivity index (χ0) is 14.8. The van der Waals surface area contributed by atoms with Crippen molar-refractivity contribution in [1.29, 1.82) is 0 Å². The minimum absolute atomic E-state index is 0.198. The molecular formula is C11H15N3O5S. The van der Waals surface area contributed by atoms with E-state index in [9.17, 15) is 18.5 Å². The summed E-state index contributed by atoms with van der Waals surface area (Å²) in [6.07, 6.45) is 0. The molecule has 9 heteroatoms. The minimum Gasteiger partial charge on any atom is -0.388 e. The van der Waals surface area contributed by atoms with Crippen molar-refractivity contribution in [3.8, 4) is 0 Å². The van der Waals surface area contributed by atoms with Crippen molar-refractivity contribution < 1.29 is 18.1 Å². The molecule has 110 valence electrons. The molecule has 1 saturated heterocycles. The van der Waals surface area contributed by atoms with Gasteiger partial charge in [-0.2, -0.15) is 4.31 Å². The first-order valence-corrected chi connectivity index (χ1v) is 7.45. The van der Waals surface area contributed by atoms with Crippen LogP contribution in [0.5, 0.6) is 0 Å². The SMILES string of the molecule is CNc1ccc([N+](=O)[O-])c(S(=O)(=O)N2CCOCC2)c1. The first kappa shape index (κ1) is 14.7. The molecule has 0 aliphatic carbocycles. The van der Waals surface area contributed by atoms with Crippen LogP contribution in [-0.2, 0) is 14.8 Å². The number of nitro groups is 1. The zero-order valence-corrected chi connectivity index (χ0v) is 11.7. The maximum Gasteiger partial charge on any atom is 0.289 e. The second kappa shape index (κ2) is 5.73. The topological polar surface area (TPSA) is 102 Å². The third kappa shape index (κ3) is 2.74. The van der Waals surface area contributed by atoms with Gasteiger partial charge in [-0.05, 0) is 12.1 Å². The average Bonchev–Trinajstić information content (AvgIpc) is 2.47. The normalized spacial score (nSPS) is 16.9. The number of nitrogens with zero attached hydrogens (tertiary/aromatic N) is 2. The molecule has 2 rings (SSSR count). The minimum atomic E-state index is -3.90.